The summed E-state index contributed by atoms with van der Waals surface area (Å²) in [4.78, 5) is 13.7. The molecule has 2 aliphatic rings. The molecular weight excluding hydrogens is 334 g/mol. The van der Waals surface area contributed by atoms with E-state index < -0.39 is 10.2 Å². The molecule has 1 fully saturated rings. The first-order chi connectivity index (χ1) is 11.6. The lowest BCUT2D eigenvalue weighted by atomic mass is 10.2. The fourth-order valence-corrected chi connectivity index (χ4v) is 3.85. The molecule has 0 unspecified atom stereocenters. The number of nitrogens with one attached hydrogen (secondary N) is 1. The standard InChI is InChI=1S/C15H21N3O5S/c19-15-12-23-14-4-2-1-3-13(14)11-17(15)6-5-16-24(20,21)18-7-9-22-10-8-18/h1-4,16H,5-12H2. The van der Waals surface area contributed by atoms with Gasteiger partial charge in [-0.15, -0.1) is 0 Å². The van der Waals surface area contributed by atoms with Crippen molar-refractivity contribution in [3.63, 3.8) is 0 Å². The van der Waals surface area contributed by atoms with Gasteiger partial charge in [0, 0.05) is 38.3 Å². The number of hydrogen-bond donors (Lipinski definition) is 1. The third-order valence-corrected chi connectivity index (χ3v) is 5.63. The van der Waals surface area contributed by atoms with Gasteiger partial charge in [-0.2, -0.15) is 12.7 Å². The highest BCUT2D eigenvalue weighted by atomic mass is 32.2. The molecule has 1 saturated heterocycles. The van der Waals surface area contributed by atoms with E-state index in [2.05, 4.69) is 4.72 Å². The maximum atomic E-state index is 12.2. The van der Waals surface area contributed by atoms with E-state index >= 15 is 0 Å². The number of fused-ring (bicyclic) bond motifs is 1. The van der Waals surface area contributed by atoms with Crippen molar-refractivity contribution in [2.75, 3.05) is 46.0 Å². The van der Waals surface area contributed by atoms with Crippen molar-refractivity contribution in [3.05, 3.63) is 29.8 Å². The van der Waals surface area contributed by atoms with Crippen LogP contribution in [0.3, 0.4) is 0 Å². The zero-order valence-electron chi connectivity index (χ0n) is 13.3. The highest BCUT2D eigenvalue weighted by molar-refractivity contribution is 7.87. The number of nitrogens with zero attached hydrogens (tertiary/aromatic N) is 2. The molecule has 1 aromatic rings. The van der Waals surface area contributed by atoms with Crippen molar-refractivity contribution in [3.8, 4) is 5.75 Å². The quantitative estimate of drug-likeness (QED) is 0.775. The minimum atomic E-state index is -3.54. The highest BCUT2D eigenvalue weighted by Crippen LogP contribution is 2.22. The van der Waals surface area contributed by atoms with Crippen molar-refractivity contribution in [1.82, 2.24) is 13.9 Å². The van der Waals surface area contributed by atoms with Crippen LogP contribution in [0.4, 0.5) is 0 Å². The first-order valence-corrected chi connectivity index (χ1v) is 9.31. The Morgan fingerprint density at radius 1 is 1.17 bits per heavy atom. The van der Waals surface area contributed by atoms with Crippen molar-refractivity contribution in [2.24, 2.45) is 0 Å². The Labute approximate surface area is 141 Å². The van der Waals surface area contributed by atoms with Gasteiger partial charge in [-0.1, -0.05) is 18.2 Å². The number of benzene rings is 1. The Kier molecular flexibility index (Phi) is 5.34. The monoisotopic (exact) mass is 355 g/mol. The summed E-state index contributed by atoms with van der Waals surface area (Å²) < 4.78 is 39.0. The minimum absolute atomic E-state index is 0.0345. The number of ether oxygens (including phenoxy) is 2. The molecule has 24 heavy (non-hydrogen) atoms. The second kappa shape index (κ2) is 7.47. The highest BCUT2D eigenvalue weighted by Gasteiger charge is 2.25. The van der Waals surface area contributed by atoms with E-state index in [-0.39, 0.29) is 19.1 Å². The molecule has 0 radical (unpaired) electrons. The SMILES string of the molecule is O=C1COc2ccccc2CN1CCNS(=O)(=O)N1CCOCC1. The summed E-state index contributed by atoms with van der Waals surface area (Å²) in [5.41, 5.74) is 0.916. The first kappa shape index (κ1) is 17.2. The van der Waals surface area contributed by atoms with Crippen LogP contribution in [-0.4, -0.2) is 69.5 Å². The topological polar surface area (TPSA) is 88.2 Å². The van der Waals surface area contributed by atoms with Crippen LogP contribution in [0, 0.1) is 0 Å². The fourth-order valence-electron chi connectivity index (χ4n) is 2.69. The van der Waals surface area contributed by atoms with Crippen LogP contribution in [-0.2, 0) is 26.3 Å². The van der Waals surface area contributed by atoms with Gasteiger partial charge in [0.2, 0.25) is 0 Å². The Hall–Kier alpha value is -1.68. The Bertz CT molecular complexity index is 688. The Morgan fingerprint density at radius 2 is 1.92 bits per heavy atom. The van der Waals surface area contributed by atoms with Crippen LogP contribution >= 0.6 is 0 Å². The third kappa shape index (κ3) is 4.04. The number of morpholine rings is 1. The largest absolute Gasteiger partial charge is 0.483 e. The van der Waals surface area contributed by atoms with E-state index in [1.54, 1.807) is 4.90 Å². The van der Waals surface area contributed by atoms with Crippen LogP contribution < -0.4 is 9.46 Å². The van der Waals surface area contributed by atoms with Gasteiger partial charge in [0.1, 0.15) is 5.75 Å². The number of rotatable bonds is 5. The van der Waals surface area contributed by atoms with Gasteiger partial charge in [-0.05, 0) is 6.07 Å². The number of para-hydroxylation sites is 1. The smallest absolute Gasteiger partial charge is 0.279 e. The summed E-state index contributed by atoms with van der Waals surface area (Å²) in [6.07, 6.45) is 0. The Balaban J connectivity index is 1.56. The number of carbonyl (C=O) groups is 1. The van der Waals surface area contributed by atoms with Crippen LogP contribution in [0.5, 0.6) is 5.75 Å². The lowest BCUT2D eigenvalue weighted by Crippen LogP contribution is -2.48. The molecule has 0 aromatic heterocycles. The van der Waals surface area contributed by atoms with Crippen LogP contribution in [0.2, 0.25) is 0 Å². The second-order valence-electron chi connectivity index (χ2n) is 5.62. The number of hydrogen-bond acceptors (Lipinski definition) is 5. The van der Waals surface area contributed by atoms with Crippen molar-refractivity contribution in [1.29, 1.82) is 0 Å². The van der Waals surface area contributed by atoms with E-state index in [4.69, 9.17) is 9.47 Å². The number of carbonyl (C=O) groups excluding carboxylic acids is 1. The van der Waals surface area contributed by atoms with E-state index in [9.17, 15) is 13.2 Å². The zero-order chi connectivity index (χ0) is 17.0. The van der Waals surface area contributed by atoms with Crippen LogP contribution in [0.1, 0.15) is 5.56 Å². The molecular formula is C15H21N3O5S. The molecule has 1 aromatic carbocycles. The van der Waals surface area contributed by atoms with E-state index in [1.165, 1.54) is 4.31 Å². The molecule has 1 amide bonds. The summed E-state index contributed by atoms with van der Waals surface area (Å²) >= 11 is 0. The van der Waals surface area contributed by atoms with Crippen molar-refractivity contribution < 1.29 is 22.7 Å². The molecule has 1 N–H and O–H groups in total. The lowest BCUT2D eigenvalue weighted by molar-refractivity contribution is -0.133. The molecule has 0 aliphatic carbocycles. The molecule has 132 valence electrons. The molecule has 0 spiro atoms. The van der Waals surface area contributed by atoms with Gasteiger partial charge in [-0.25, -0.2) is 4.72 Å². The second-order valence-corrected chi connectivity index (χ2v) is 7.38. The molecule has 3 rings (SSSR count). The average molecular weight is 355 g/mol. The lowest BCUT2D eigenvalue weighted by Gasteiger charge is -2.27. The summed E-state index contributed by atoms with van der Waals surface area (Å²) in [5, 5.41) is 0. The van der Waals surface area contributed by atoms with E-state index in [1.807, 2.05) is 24.3 Å². The average Bonchev–Trinajstić information content (AvgIpc) is 2.75. The van der Waals surface area contributed by atoms with Gasteiger partial charge < -0.3 is 14.4 Å². The molecule has 0 atom stereocenters. The van der Waals surface area contributed by atoms with Gasteiger partial charge >= 0.3 is 0 Å². The minimum Gasteiger partial charge on any atom is -0.483 e. The predicted molar refractivity (Wildman–Crippen MR) is 86.7 cm³/mol. The van der Waals surface area contributed by atoms with Gasteiger partial charge in [0.15, 0.2) is 6.61 Å². The number of amides is 1. The van der Waals surface area contributed by atoms with Crippen LogP contribution in [0.25, 0.3) is 0 Å². The molecule has 8 nitrogen and oxygen atoms in total. The summed E-state index contributed by atoms with van der Waals surface area (Å²) in [6.45, 7) is 2.33. The maximum Gasteiger partial charge on any atom is 0.279 e. The molecule has 0 saturated carbocycles. The fraction of sp³-hybridized carbons (Fsp3) is 0.533. The normalized spacial score (nSPS) is 19.5. The van der Waals surface area contributed by atoms with Crippen LogP contribution in [0.15, 0.2) is 24.3 Å². The summed E-state index contributed by atoms with van der Waals surface area (Å²) in [6, 6.07) is 7.47. The van der Waals surface area contributed by atoms with E-state index in [0.717, 1.165) is 5.56 Å². The molecule has 2 heterocycles. The Morgan fingerprint density at radius 3 is 2.71 bits per heavy atom. The maximum absolute atomic E-state index is 12.2. The van der Waals surface area contributed by atoms with Gasteiger partial charge in [-0.3, -0.25) is 4.79 Å². The zero-order valence-corrected chi connectivity index (χ0v) is 14.1. The van der Waals surface area contributed by atoms with Crippen molar-refractivity contribution in [2.45, 2.75) is 6.54 Å². The van der Waals surface area contributed by atoms with Crippen molar-refractivity contribution >= 4 is 16.1 Å². The van der Waals surface area contributed by atoms with Gasteiger partial charge in [0.05, 0.1) is 13.2 Å². The molecule has 9 heteroatoms. The van der Waals surface area contributed by atoms with E-state index in [0.29, 0.717) is 45.1 Å². The predicted octanol–water partition coefficient (Wildman–Crippen LogP) is -0.426. The third-order valence-electron chi connectivity index (χ3n) is 4.01. The molecule has 0 bridgehead atoms. The first-order valence-electron chi connectivity index (χ1n) is 7.87. The molecule has 2 aliphatic heterocycles. The van der Waals surface area contributed by atoms with Gasteiger partial charge in [0.25, 0.3) is 16.1 Å². The summed E-state index contributed by atoms with van der Waals surface area (Å²) in [7, 11) is -3.54. The summed E-state index contributed by atoms with van der Waals surface area (Å²) in [5.74, 6) is 0.541.